The SMILES string of the molecule is COc1cc(C(C)=O)ccc1OCCCC(=O)NC(C)c1sc(-c2ccccc2)nc1C. The molecule has 0 aliphatic heterocycles. The van der Waals surface area contributed by atoms with Crippen molar-refractivity contribution in [2.75, 3.05) is 13.7 Å². The highest BCUT2D eigenvalue weighted by atomic mass is 32.1. The van der Waals surface area contributed by atoms with Gasteiger partial charge in [-0.15, -0.1) is 11.3 Å². The molecule has 3 rings (SSSR count). The van der Waals surface area contributed by atoms with Gasteiger partial charge in [0.1, 0.15) is 5.01 Å². The van der Waals surface area contributed by atoms with Gasteiger partial charge in [-0.1, -0.05) is 30.3 Å². The fourth-order valence-corrected chi connectivity index (χ4v) is 4.39. The summed E-state index contributed by atoms with van der Waals surface area (Å²) >= 11 is 1.61. The Hall–Kier alpha value is -3.19. The largest absolute Gasteiger partial charge is 0.493 e. The zero-order chi connectivity index (χ0) is 23.1. The Morgan fingerprint density at radius 1 is 1.12 bits per heavy atom. The molecule has 1 N–H and O–H groups in total. The van der Waals surface area contributed by atoms with Gasteiger partial charge in [-0.3, -0.25) is 9.59 Å². The number of nitrogens with one attached hydrogen (secondary N) is 1. The van der Waals surface area contributed by atoms with E-state index in [1.165, 1.54) is 14.0 Å². The van der Waals surface area contributed by atoms with Crippen LogP contribution in [-0.4, -0.2) is 30.4 Å². The molecule has 0 aliphatic rings. The first-order valence-corrected chi connectivity index (χ1v) is 11.3. The molecule has 7 heteroatoms. The number of ether oxygens (including phenoxy) is 2. The number of hydrogen-bond donors (Lipinski definition) is 1. The third-order valence-electron chi connectivity index (χ3n) is 5.00. The molecule has 0 saturated carbocycles. The number of amides is 1. The lowest BCUT2D eigenvalue weighted by atomic mass is 10.1. The van der Waals surface area contributed by atoms with E-state index in [1.54, 1.807) is 29.5 Å². The number of ketones is 1. The van der Waals surface area contributed by atoms with Crippen LogP contribution in [0.4, 0.5) is 0 Å². The smallest absolute Gasteiger partial charge is 0.220 e. The number of Topliss-reactive ketones (excluding diaryl/α,β-unsaturated/α-hetero) is 1. The van der Waals surface area contributed by atoms with Crippen LogP contribution in [-0.2, 0) is 4.79 Å². The molecule has 0 fully saturated rings. The molecular formula is C25H28N2O4S. The summed E-state index contributed by atoms with van der Waals surface area (Å²) in [5.74, 6) is 0.993. The van der Waals surface area contributed by atoms with E-state index >= 15 is 0 Å². The molecule has 1 heterocycles. The number of methoxy groups -OCH3 is 1. The van der Waals surface area contributed by atoms with E-state index in [2.05, 4.69) is 10.3 Å². The molecule has 2 aromatic carbocycles. The topological polar surface area (TPSA) is 77.5 Å². The lowest BCUT2D eigenvalue weighted by Gasteiger charge is -2.14. The Bertz CT molecular complexity index is 1080. The van der Waals surface area contributed by atoms with Crippen molar-refractivity contribution in [1.82, 2.24) is 10.3 Å². The molecule has 32 heavy (non-hydrogen) atoms. The van der Waals surface area contributed by atoms with Crippen molar-refractivity contribution in [2.45, 2.75) is 39.7 Å². The third-order valence-corrected chi connectivity index (χ3v) is 6.39. The highest BCUT2D eigenvalue weighted by Crippen LogP contribution is 2.32. The summed E-state index contributed by atoms with van der Waals surface area (Å²) in [5, 5.41) is 4.01. The molecule has 6 nitrogen and oxygen atoms in total. The molecule has 1 amide bonds. The van der Waals surface area contributed by atoms with E-state index < -0.39 is 0 Å². The number of aromatic nitrogens is 1. The van der Waals surface area contributed by atoms with Crippen LogP contribution in [0, 0.1) is 6.92 Å². The van der Waals surface area contributed by atoms with E-state index in [0.29, 0.717) is 36.5 Å². The fraction of sp³-hybridized carbons (Fsp3) is 0.320. The Balaban J connectivity index is 1.49. The van der Waals surface area contributed by atoms with Crippen molar-refractivity contribution in [2.24, 2.45) is 0 Å². The summed E-state index contributed by atoms with van der Waals surface area (Å²) in [6.07, 6.45) is 0.911. The van der Waals surface area contributed by atoms with Crippen LogP contribution >= 0.6 is 11.3 Å². The van der Waals surface area contributed by atoms with Gasteiger partial charge in [-0.25, -0.2) is 4.98 Å². The fourth-order valence-electron chi connectivity index (χ4n) is 3.31. The van der Waals surface area contributed by atoms with Gasteiger partial charge in [0.2, 0.25) is 5.91 Å². The van der Waals surface area contributed by atoms with Crippen molar-refractivity contribution in [3.8, 4) is 22.1 Å². The van der Waals surface area contributed by atoms with Crippen LogP contribution in [0.25, 0.3) is 10.6 Å². The number of carbonyl (C=O) groups excluding carboxylic acids is 2. The lowest BCUT2D eigenvalue weighted by molar-refractivity contribution is -0.121. The Morgan fingerprint density at radius 3 is 2.56 bits per heavy atom. The van der Waals surface area contributed by atoms with E-state index in [-0.39, 0.29) is 17.7 Å². The molecule has 168 valence electrons. The second kappa shape index (κ2) is 10.9. The molecule has 3 aromatic rings. The third kappa shape index (κ3) is 5.95. The van der Waals surface area contributed by atoms with Crippen molar-refractivity contribution < 1.29 is 19.1 Å². The minimum atomic E-state index is -0.113. The summed E-state index contributed by atoms with van der Waals surface area (Å²) in [6.45, 7) is 5.82. The van der Waals surface area contributed by atoms with Gasteiger partial charge in [0.05, 0.1) is 30.3 Å². The van der Waals surface area contributed by atoms with Crippen molar-refractivity contribution in [3.05, 3.63) is 64.7 Å². The molecule has 0 spiro atoms. The summed E-state index contributed by atoms with van der Waals surface area (Å²) in [5.41, 5.74) is 2.58. The lowest BCUT2D eigenvalue weighted by Crippen LogP contribution is -2.26. The zero-order valence-electron chi connectivity index (χ0n) is 18.8. The van der Waals surface area contributed by atoms with E-state index in [4.69, 9.17) is 9.47 Å². The van der Waals surface area contributed by atoms with Crippen LogP contribution < -0.4 is 14.8 Å². The van der Waals surface area contributed by atoms with Gasteiger partial charge in [-0.2, -0.15) is 0 Å². The summed E-state index contributed by atoms with van der Waals surface area (Å²) in [4.78, 5) is 29.7. The minimum Gasteiger partial charge on any atom is -0.493 e. The molecule has 0 saturated heterocycles. The average Bonchev–Trinajstić information content (AvgIpc) is 3.19. The van der Waals surface area contributed by atoms with Gasteiger partial charge in [0.25, 0.3) is 0 Å². The van der Waals surface area contributed by atoms with Gasteiger partial charge >= 0.3 is 0 Å². The highest BCUT2D eigenvalue weighted by Gasteiger charge is 2.17. The quantitative estimate of drug-likeness (QED) is 0.331. The first kappa shape index (κ1) is 23.5. The van der Waals surface area contributed by atoms with Crippen LogP contribution in [0.5, 0.6) is 11.5 Å². The Labute approximate surface area is 192 Å². The van der Waals surface area contributed by atoms with E-state index in [0.717, 1.165) is 21.1 Å². The zero-order valence-corrected chi connectivity index (χ0v) is 19.6. The van der Waals surface area contributed by atoms with Crippen LogP contribution in [0.15, 0.2) is 48.5 Å². The number of thiazole rings is 1. The summed E-state index contributed by atoms with van der Waals surface area (Å²) in [6, 6.07) is 15.0. The van der Waals surface area contributed by atoms with Crippen molar-refractivity contribution >= 4 is 23.0 Å². The van der Waals surface area contributed by atoms with Crippen LogP contribution in [0.1, 0.15) is 53.7 Å². The number of rotatable bonds is 10. The second-order valence-corrected chi connectivity index (χ2v) is 8.53. The number of carbonyl (C=O) groups is 2. The van der Waals surface area contributed by atoms with Crippen molar-refractivity contribution in [3.63, 3.8) is 0 Å². The van der Waals surface area contributed by atoms with Crippen LogP contribution in [0.2, 0.25) is 0 Å². The number of benzene rings is 2. The molecule has 0 radical (unpaired) electrons. The normalized spacial score (nSPS) is 11.6. The Kier molecular flexibility index (Phi) is 8.00. The molecule has 0 bridgehead atoms. The Morgan fingerprint density at radius 2 is 1.88 bits per heavy atom. The molecule has 1 unspecified atom stereocenters. The highest BCUT2D eigenvalue weighted by molar-refractivity contribution is 7.15. The van der Waals surface area contributed by atoms with E-state index in [9.17, 15) is 9.59 Å². The van der Waals surface area contributed by atoms with Crippen LogP contribution in [0.3, 0.4) is 0 Å². The summed E-state index contributed by atoms with van der Waals surface area (Å²) in [7, 11) is 1.53. The first-order valence-electron chi connectivity index (χ1n) is 10.5. The van der Waals surface area contributed by atoms with Gasteiger partial charge in [-0.05, 0) is 45.4 Å². The van der Waals surface area contributed by atoms with Gasteiger partial charge in [0, 0.05) is 17.5 Å². The molecule has 0 aliphatic carbocycles. The minimum absolute atomic E-state index is 0.0333. The maximum Gasteiger partial charge on any atom is 0.220 e. The second-order valence-electron chi connectivity index (χ2n) is 7.50. The summed E-state index contributed by atoms with van der Waals surface area (Å²) < 4.78 is 11.0. The standard InChI is InChI=1S/C25H28N2O4S/c1-16(24-17(2)27-25(32-24)19-9-6-5-7-10-19)26-23(29)11-8-14-31-21-13-12-20(18(3)28)15-22(21)30-4/h5-7,9-10,12-13,15-16H,8,11,14H2,1-4H3,(H,26,29). The van der Waals surface area contributed by atoms with Gasteiger partial charge < -0.3 is 14.8 Å². The number of hydrogen-bond acceptors (Lipinski definition) is 6. The first-order chi connectivity index (χ1) is 15.4. The van der Waals surface area contributed by atoms with Crippen molar-refractivity contribution in [1.29, 1.82) is 0 Å². The average molecular weight is 453 g/mol. The van der Waals surface area contributed by atoms with E-state index in [1.807, 2.05) is 44.2 Å². The monoisotopic (exact) mass is 452 g/mol. The van der Waals surface area contributed by atoms with Gasteiger partial charge in [0.15, 0.2) is 17.3 Å². The molecular weight excluding hydrogens is 424 g/mol. The molecule has 1 aromatic heterocycles. The predicted molar refractivity (Wildman–Crippen MR) is 127 cm³/mol. The maximum absolute atomic E-state index is 12.4. The maximum atomic E-state index is 12.4. The predicted octanol–water partition coefficient (Wildman–Crippen LogP) is 5.37. The molecule has 1 atom stereocenters. The number of nitrogens with zero attached hydrogens (tertiary/aromatic N) is 1. The number of aryl methyl sites for hydroxylation is 1.